The summed E-state index contributed by atoms with van der Waals surface area (Å²) < 4.78 is 16.6. The lowest BCUT2D eigenvalue weighted by Gasteiger charge is -2.18. The van der Waals surface area contributed by atoms with E-state index in [2.05, 4.69) is 45.1 Å². The second-order valence-electron chi connectivity index (χ2n) is 15.0. The molecule has 0 N–H and O–H groups in total. The summed E-state index contributed by atoms with van der Waals surface area (Å²) in [5, 5.41) is 0. The van der Waals surface area contributed by atoms with E-state index in [1.807, 2.05) is 0 Å². The minimum Gasteiger partial charge on any atom is -0.462 e. The predicted molar refractivity (Wildman–Crippen MR) is 219 cm³/mol. The van der Waals surface area contributed by atoms with Crippen LogP contribution in [0.3, 0.4) is 0 Å². The fourth-order valence-corrected chi connectivity index (χ4v) is 6.29. The van der Waals surface area contributed by atoms with E-state index in [0.717, 1.165) is 77.0 Å². The van der Waals surface area contributed by atoms with E-state index >= 15 is 0 Å². The lowest BCUT2D eigenvalue weighted by molar-refractivity contribution is -0.167. The highest BCUT2D eigenvalue weighted by Gasteiger charge is 2.19. The molecule has 0 amide bonds. The van der Waals surface area contributed by atoms with Gasteiger partial charge in [-0.1, -0.05) is 186 Å². The summed E-state index contributed by atoms with van der Waals surface area (Å²) in [6, 6.07) is 0. The monoisotopic (exact) mass is 733 g/mol. The van der Waals surface area contributed by atoms with Crippen LogP contribution in [0.1, 0.15) is 233 Å². The van der Waals surface area contributed by atoms with Crippen LogP contribution in [0.25, 0.3) is 0 Å². The van der Waals surface area contributed by atoms with Crippen LogP contribution in [0.5, 0.6) is 0 Å². The zero-order chi connectivity index (χ0) is 38.0. The van der Waals surface area contributed by atoms with Crippen LogP contribution in [0.15, 0.2) is 24.3 Å². The number of ether oxygens (including phenoxy) is 3. The number of hydrogen-bond acceptors (Lipinski definition) is 6. The van der Waals surface area contributed by atoms with E-state index in [4.69, 9.17) is 14.2 Å². The maximum Gasteiger partial charge on any atom is 0.306 e. The van der Waals surface area contributed by atoms with Crippen molar-refractivity contribution in [1.82, 2.24) is 0 Å². The number of rotatable bonds is 40. The molecule has 1 unspecified atom stereocenters. The van der Waals surface area contributed by atoms with E-state index in [-0.39, 0.29) is 31.1 Å². The number of esters is 3. The molecule has 0 spiro atoms. The van der Waals surface area contributed by atoms with Gasteiger partial charge in [0.1, 0.15) is 13.2 Å². The molecule has 0 aliphatic rings. The Bertz CT molecular complexity index is 850. The van der Waals surface area contributed by atoms with Crippen molar-refractivity contribution in [2.24, 2.45) is 0 Å². The number of allylic oxidation sites excluding steroid dienone is 4. The number of unbranched alkanes of at least 4 members (excludes halogenated alkanes) is 25. The standard InChI is InChI=1S/C46H84O6/c1-4-7-10-13-16-18-20-22-23-24-26-27-30-33-36-39-45(48)51-42-43(41-50-44(47)38-35-32-29-15-12-9-6-3)52-46(49)40-37-34-31-28-25-21-19-17-14-11-8-5-2/h16,18,22-23,43H,4-15,17,19-21,24-42H2,1-3H3/b18-16-,23-22-. The van der Waals surface area contributed by atoms with E-state index in [9.17, 15) is 14.4 Å². The van der Waals surface area contributed by atoms with Gasteiger partial charge in [0.15, 0.2) is 6.10 Å². The van der Waals surface area contributed by atoms with Crippen LogP contribution >= 0.6 is 0 Å². The third-order valence-electron chi connectivity index (χ3n) is 9.71. The summed E-state index contributed by atoms with van der Waals surface area (Å²) in [5.74, 6) is -0.890. The second kappa shape index (κ2) is 41.6. The fraction of sp³-hybridized carbons (Fsp3) is 0.848. The quantitative estimate of drug-likeness (QED) is 0.0270. The molecule has 0 aromatic heterocycles. The molecule has 1 atom stereocenters. The van der Waals surface area contributed by atoms with Gasteiger partial charge in [0, 0.05) is 19.3 Å². The highest BCUT2D eigenvalue weighted by molar-refractivity contribution is 5.71. The second-order valence-corrected chi connectivity index (χ2v) is 15.0. The summed E-state index contributed by atoms with van der Waals surface area (Å²) in [5.41, 5.74) is 0. The maximum atomic E-state index is 12.7. The first kappa shape index (κ1) is 49.9. The van der Waals surface area contributed by atoms with Crippen LogP contribution < -0.4 is 0 Å². The molecule has 6 heteroatoms. The van der Waals surface area contributed by atoms with Gasteiger partial charge >= 0.3 is 17.9 Å². The van der Waals surface area contributed by atoms with Crippen LogP contribution in [-0.4, -0.2) is 37.2 Å². The molecular weight excluding hydrogens is 648 g/mol. The Labute approximate surface area is 322 Å². The Balaban J connectivity index is 4.31. The Morgan fingerprint density at radius 1 is 0.385 bits per heavy atom. The minimum absolute atomic E-state index is 0.0729. The summed E-state index contributed by atoms with van der Waals surface area (Å²) in [7, 11) is 0. The van der Waals surface area contributed by atoms with Gasteiger partial charge in [0.05, 0.1) is 0 Å². The molecule has 0 heterocycles. The molecular formula is C46H84O6. The van der Waals surface area contributed by atoms with Crippen LogP contribution in [-0.2, 0) is 28.6 Å². The molecule has 0 aliphatic heterocycles. The third-order valence-corrected chi connectivity index (χ3v) is 9.71. The summed E-state index contributed by atoms with van der Waals surface area (Å²) in [4.78, 5) is 37.5. The van der Waals surface area contributed by atoms with Crippen molar-refractivity contribution in [3.8, 4) is 0 Å². The molecule has 0 rings (SSSR count). The first-order valence-corrected chi connectivity index (χ1v) is 22.3. The Kier molecular flexibility index (Phi) is 40.0. The average molecular weight is 733 g/mol. The molecule has 0 saturated heterocycles. The average Bonchev–Trinajstić information content (AvgIpc) is 3.14. The first-order valence-electron chi connectivity index (χ1n) is 22.3. The molecule has 0 radical (unpaired) electrons. The lowest BCUT2D eigenvalue weighted by Crippen LogP contribution is -2.30. The van der Waals surface area contributed by atoms with Gasteiger partial charge in [-0.25, -0.2) is 0 Å². The normalized spacial score (nSPS) is 12.1. The van der Waals surface area contributed by atoms with Crippen LogP contribution in [0.2, 0.25) is 0 Å². The molecule has 0 bridgehead atoms. The maximum absolute atomic E-state index is 12.7. The summed E-state index contributed by atoms with van der Waals surface area (Å²) >= 11 is 0. The molecule has 0 aromatic rings. The molecule has 0 aliphatic carbocycles. The van der Waals surface area contributed by atoms with Gasteiger partial charge in [0.2, 0.25) is 0 Å². The Hall–Kier alpha value is -2.11. The van der Waals surface area contributed by atoms with E-state index in [1.54, 1.807) is 0 Å². The highest BCUT2D eigenvalue weighted by Crippen LogP contribution is 2.14. The fourth-order valence-electron chi connectivity index (χ4n) is 6.29. The van der Waals surface area contributed by atoms with Crippen molar-refractivity contribution in [1.29, 1.82) is 0 Å². The Morgan fingerprint density at radius 2 is 0.692 bits per heavy atom. The molecule has 304 valence electrons. The van der Waals surface area contributed by atoms with Crippen molar-refractivity contribution in [3.63, 3.8) is 0 Å². The van der Waals surface area contributed by atoms with E-state index < -0.39 is 6.10 Å². The van der Waals surface area contributed by atoms with Gasteiger partial charge in [-0.2, -0.15) is 0 Å². The first-order chi connectivity index (χ1) is 25.5. The van der Waals surface area contributed by atoms with Crippen LogP contribution in [0, 0.1) is 0 Å². The third kappa shape index (κ3) is 39.1. The van der Waals surface area contributed by atoms with Crippen molar-refractivity contribution in [3.05, 3.63) is 24.3 Å². The van der Waals surface area contributed by atoms with Crippen molar-refractivity contribution in [2.45, 2.75) is 239 Å². The SMILES string of the molecule is CCCCC/C=C\C/C=C\CCCCCCCC(=O)OCC(COC(=O)CCCCCCCCC)OC(=O)CCCCCCCCCCCCCC. The Morgan fingerprint density at radius 3 is 1.10 bits per heavy atom. The molecule has 0 fully saturated rings. The van der Waals surface area contributed by atoms with Crippen molar-refractivity contribution >= 4 is 17.9 Å². The zero-order valence-corrected chi connectivity index (χ0v) is 34.6. The van der Waals surface area contributed by atoms with E-state index in [1.165, 1.54) is 116 Å². The van der Waals surface area contributed by atoms with Gasteiger partial charge < -0.3 is 14.2 Å². The van der Waals surface area contributed by atoms with Gasteiger partial charge in [-0.3, -0.25) is 14.4 Å². The molecule has 0 saturated carbocycles. The predicted octanol–water partition coefficient (Wildman–Crippen LogP) is 14.0. The highest BCUT2D eigenvalue weighted by atomic mass is 16.6. The van der Waals surface area contributed by atoms with Crippen molar-refractivity contribution in [2.75, 3.05) is 13.2 Å². The van der Waals surface area contributed by atoms with Gasteiger partial charge in [0.25, 0.3) is 0 Å². The summed E-state index contributed by atoms with van der Waals surface area (Å²) in [6.07, 6.45) is 44.5. The number of carbonyl (C=O) groups excluding carboxylic acids is 3. The molecule has 0 aromatic carbocycles. The van der Waals surface area contributed by atoms with Gasteiger partial charge in [-0.05, 0) is 51.4 Å². The van der Waals surface area contributed by atoms with Gasteiger partial charge in [-0.15, -0.1) is 0 Å². The van der Waals surface area contributed by atoms with Crippen LogP contribution in [0.4, 0.5) is 0 Å². The number of hydrogen-bond donors (Lipinski definition) is 0. The largest absolute Gasteiger partial charge is 0.462 e. The lowest BCUT2D eigenvalue weighted by atomic mass is 10.0. The topological polar surface area (TPSA) is 78.9 Å². The van der Waals surface area contributed by atoms with Crippen molar-refractivity contribution < 1.29 is 28.6 Å². The number of carbonyl (C=O) groups is 3. The van der Waals surface area contributed by atoms with E-state index in [0.29, 0.717) is 19.3 Å². The summed E-state index contributed by atoms with van der Waals surface area (Å²) in [6.45, 7) is 6.55. The zero-order valence-electron chi connectivity index (χ0n) is 34.6. The molecule has 52 heavy (non-hydrogen) atoms. The smallest absolute Gasteiger partial charge is 0.306 e. The molecule has 6 nitrogen and oxygen atoms in total. The minimum atomic E-state index is -0.767.